The fourth-order valence-corrected chi connectivity index (χ4v) is 4.84. The number of hydrogen-bond acceptors (Lipinski definition) is 6. The van der Waals surface area contributed by atoms with Gasteiger partial charge in [0.15, 0.2) is 0 Å². The van der Waals surface area contributed by atoms with Crippen molar-refractivity contribution in [2.45, 2.75) is 103 Å². The monoisotopic (exact) mass is 438 g/mol. The van der Waals surface area contributed by atoms with E-state index in [9.17, 15) is 19.2 Å². The first-order chi connectivity index (χ1) is 14.2. The maximum Gasteiger partial charge on any atom is 0.411 e. The minimum atomic E-state index is -0.921. The minimum Gasteiger partial charge on any atom is -0.480 e. The molecule has 31 heavy (non-hydrogen) atoms. The quantitative estimate of drug-likeness (QED) is 0.659. The maximum absolute atomic E-state index is 11.9. The lowest BCUT2D eigenvalue weighted by molar-refractivity contribution is -0.142. The number of fused-ring (bicyclic) bond motifs is 2. The summed E-state index contributed by atoms with van der Waals surface area (Å²) >= 11 is 0. The summed E-state index contributed by atoms with van der Waals surface area (Å²) in [5, 5.41) is 9.08. The van der Waals surface area contributed by atoms with E-state index in [4.69, 9.17) is 14.6 Å². The van der Waals surface area contributed by atoms with Gasteiger partial charge in [-0.2, -0.15) is 0 Å². The van der Waals surface area contributed by atoms with E-state index in [0.717, 1.165) is 32.0 Å². The first-order valence-corrected chi connectivity index (χ1v) is 10.9. The predicted molar refractivity (Wildman–Crippen MR) is 110 cm³/mol. The smallest absolute Gasteiger partial charge is 0.411 e. The summed E-state index contributed by atoms with van der Waals surface area (Å²) in [6.07, 6.45) is 3.56. The molecule has 4 aliphatic heterocycles. The second-order valence-electron chi connectivity index (χ2n) is 11.0. The van der Waals surface area contributed by atoms with Crippen LogP contribution in [0.15, 0.2) is 0 Å². The molecular weight excluding hydrogens is 404 g/mol. The Morgan fingerprint density at radius 2 is 1.23 bits per heavy atom. The molecule has 4 heterocycles. The van der Waals surface area contributed by atoms with Crippen LogP contribution in [0.5, 0.6) is 0 Å². The van der Waals surface area contributed by atoms with Crippen LogP contribution in [-0.4, -0.2) is 74.7 Å². The van der Waals surface area contributed by atoms with Gasteiger partial charge in [-0.05, 0) is 79.1 Å². The Bertz CT molecular complexity index is 742. The summed E-state index contributed by atoms with van der Waals surface area (Å²) in [4.78, 5) is 48.6. The number of hydrogen-bond donors (Lipinski definition) is 1. The van der Waals surface area contributed by atoms with E-state index < -0.39 is 29.3 Å². The first-order valence-electron chi connectivity index (χ1n) is 10.9. The van der Waals surface area contributed by atoms with Crippen LogP contribution >= 0.6 is 0 Å². The van der Waals surface area contributed by atoms with Gasteiger partial charge in [0.1, 0.15) is 23.5 Å². The number of carboxylic acids is 1. The highest BCUT2D eigenvalue weighted by Crippen LogP contribution is 2.47. The minimum absolute atomic E-state index is 0.0703. The van der Waals surface area contributed by atoms with Crippen molar-refractivity contribution < 1.29 is 33.8 Å². The molecular formula is C22H34N2O7. The van der Waals surface area contributed by atoms with Gasteiger partial charge in [0, 0.05) is 12.1 Å². The van der Waals surface area contributed by atoms with E-state index in [1.165, 1.54) is 4.90 Å². The molecule has 6 rings (SSSR count). The third-order valence-electron chi connectivity index (χ3n) is 6.24. The molecule has 174 valence electrons. The number of ether oxygens (including phenoxy) is 2. The molecule has 0 radical (unpaired) electrons. The third-order valence-corrected chi connectivity index (χ3v) is 6.24. The zero-order valence-corrected chi connectivity index (χ0v) is 19.2. The molecule has 1 N–H and O–H groups in total. The molecule has 2 unspecified atom stereocenters. The molecule has 0 aromatic heterocycles. The van der Waals surface area contributed by atoms with Crippen molar-refractivity contribution in [3.05, 3.63) is 0 Å². The Morgan fingerprint density at radius 3 is 1.65 bits per heavy atom. The van der Waals surface area contributed by atoms with Crippen LogP contribution in [0.1, 0.15) is 67.2 Å². The standard InChI is InChI=1S/C11H17NO4.C11H17NO3/c1-11(2,3)16-10(15)12-7-4-6(5-7)8(12)9(13)14;1-11(2,3)15-10(14)12-8-4-7(5-8)9(12)6-13/h6-8H,4-5H2,1-3H3,(H,13,14);6-9H,4-5H2,1-3H3. The van der Waals surface area contributed by atoms with Gasteiger partial charge in [-0.1, -0.05) is 0 Å². The largest absolute Gasteiger partial charge is 0.480 e. The Kier molecular flexibility index (Phi) is 6.01. The van der Waals surface area contributed by atoms with Gasteiger partial charge in [-0.25, -0.2) is 14.4 Å². The average Bonchev–Trinajstić information content (AvgIpc) is 3.25. The van der Waals surface area contributed by atoms with E-state index in [1.807, 2.05) is 20.8 Å². The van der Waals surface area contributed by atoms with E-state index in [0.29, 0.717) is 5.92 Å². The van der Waals surface area contributed by atoms with E-state index >= 15 is 0 Å². The first kappa shape index (κ1) is 23.3. The van der Waals surface area contributed by atoms with E-state index in [-0.39, 0.29) is 30.1 Å². The molecule has 0 aromatic carbocycles. The predicted octanol–water partition coefficient (Wildman–Crippen LogP) is 3.05. The molecule has 2 amide bonds. The Morgan fingerprint density at radius 1 is 0.806 bits per heavy atom. The number of carboxylic acid groups (broad SMARTS) is 1. The van der Waals surface area contributed by atoms with Crippen molar-refractivity contribution in [3.8, 4) is 0 Å². The van der Waals surface area contributed by atoms with Gasteiger partial charge >= 0.3 is 18.2 Å². The summed E-state index contributed by atoms with van der Waals surface area (Å²) in [6, 6.07) is -0.620. The molecule has 9 heteroatoms. The van der Waals surface area contributed by atoms with Crippen LogP contribution in [0.3, 0.4) is 0 Å². The molecule has 4 saturated heterocycles. The summed E-state index contributed by atoms with van der Waals surface area (Å²) in [7, 11) is 0. The molecule has 2 saturated carbocycles. The Balaban J connectivity index is 0.000000176. The number of carbonyl (C=O) groups excluding carboxylic acids is 3. The van der Waals surface area contributed by atoms with Crippen LogP contribution < -0.4 is 0 Å². The SMILES string of the molecule is CC(C)(C)OC(=O)N1C2CC(C2)C1C(=O)O.CC(C)(C)OC(=O)N1C2CC(C2)C1C=O. The van der Waals surface area contributed by atoms with Crippen LogP contribution in [0.25, 0.3) is 0 Å². The van der Waals surface area contributed by atoms with Crippen molar-refractivity contribution in [3.63, 3.8) is 0 Å². The highest BCUT2D eigenvalue weighted by Gasteiger charge is 2.57. The number of nitrogens with zero attached hydrogens (tertiary/aromatic N) is 2. The topological polar surface area (TPSA) is 113 Å². The summed E-state index contributed by atoms with van der Waals surface area (Å²) in [5.41, 5.74) is -1.06. The van der Waals surface area contributed by atoms with Crippen molar-refractivity contribution in [1.29, 1.82) is 0 Å². The molecule has 9 nitrogen and oxygen atoms in total. The van der Waals surface area contributed by atoms with Gasteiger partial charge in [0.25, 0.3) is 0 Å². The number of carbonyl (C=O) groups is 4. The summed E-state index contributed by atoms with van der Waals surface area (Å²) < 4.78 is 10.5. The fraction of sp³-hybridized carbons (Fsp3) is 0.818. The lowest BCUT2D eigenvalue weighted by atomic mass is 9.83. The van der Waals surface area contributed by atoms with Gasteiger partial charge in [0.2, 0.25) is 0 Å². The third kappa shape index (κ3) is 4.80. The van der Waals surface area contributed by atoms with Crippen molar-refractivity contribution in [2.24, 2.45) is 11.8 Å². The normalized spacial score (nSPS) is 32.8. The van der Waals surface area contributed by atoms with E-state index in [2.05, 4.69) is 0 Å². The highest BCUT2D eigenvalue weighted by molar-refractivity contribution is 5.82. The van der Waals surface area contributed by atoms with Gasteiger partial charge in [-0.3, -0.25) is 9.80 Å². The van der Waals surface area contributed by atoms with Crippen molar-refractivity contribution in [1.82, 2.24) is 9.80 Å². The van der Waals surface area contributed by atoms with E-state index in [1.54, 1.807) is 25.7 Å². The molecule has 6 aliphatic rings. The molecule has 0 spiro atoms. The molecule has 0 aromatic rings. The number of aliphatic carboxylic acids is 1. The van der Waals surface area contributed by atoms with Gasteiger partial charge in [0.05, 0.1) is 6.04 Å². The summed E-state index contributed by atoms with van der Waals surface area (Å²) in [5.74, 6) is -0.425. The lowest BCUT2D eigenvalue weighted by Gasteiger charge is -2.28. The highest BCUT2D eigenvalue weighted by atomic mass is 16.6. The van der Waals surface area contributed by atoms with Gasteiger partial charge in [-0.15, -0.1) is 0 Å². The summed E-state index contributed by atoms with van der Waals surface area (Å²) in [6.45, 7) is 10.8. The van der Waals surface area contributed by atoms with Gasteiger partial charge < -0.3 is 19.4 Å². The Hall–Kier alpha value is -2.32. The maximum atomic E-state index is 11.9. The molecule has 2 aliphatic carbocycles. The van der Waals surface area contributed by atoms with Crippen LogP contribution in [0.4, 0.5) is 9.59 Å². The average molecular weight is 439 g/mol. The van der Waals surface area contributed by atoms with Crippen molar-refractivity contribution >= 4 is 24.4 Å². The Labute approximate surface area is 183 Å². The zero-order chi connectivity index (χ0) is 23.3. The second kappa shape index (κ2) is 7.98. The van der Waals surface area contributed by atoms with Crippen LogP contribution in [0, 0.1) is 11.8 Å². The zero-order valence-electron chi connectivity index (χ0n) is 19.2. The van der Waals surface area contributed by atoms with Crippen LogP contribution in [0.2, 0.25) is 0 Å². The van der Waals surface area contributed by atoms with Crippen molar-refractivity contribution in [2.75, 3.05) is 0 Å². The molecule has 6 fully saturated rings. The lowest BCUT2D eigenvalue weighted by Crippen LogP contribution is -2.44. The molecule has 2 atom stereocenters. The number of rotatable bonds is 2. The van der Waals surface area contributed by atoms with Crippen LogP contribution in [-0.2, 0) is 19.1 Å². The second-order valence-corrected chi connectivity index (χ2v) is 11.0. The molecule has 4 bridgehead atoms. The fourth-order valence-electron chi connectivity index (χ4n) is 4.84. The number of aldehydes is 1. The number of amides is 2.